The fourth-order valence-electron chi connectivity index (χ4n) is 2.90. The molecule has 4 rings (SSSR count). The summed E-state index contributed by atoms with van der Waals surface area (Å²) in [6.45, 7) is 2.48. The molecule has 0 aliphatic heterocycles. The van der Waals surface area contributed by atoms with Crippen LogP contribution in [0, 0.1) is 0 Å². The maximum absolute atomic E-state index is 12.2. The van der Waals surface area contributed by atoms with Gasteiger partial charge in [0.05, 0.1) is 24.1 Å². The maximum Gasteiger partial charge on any atom is 0.291 e. The Kier molecular flexibility index (Phi) is 4.58. The summed E-state index contributed by atoms with van der Waals surface area (Å²) < 4.78 is 11.0. The Morgan fingerprint density at radius 2 is 1.93 bits per heavy atom. The third-order valence-corrected chi connectivity index (χ3v) is 4.14. The molecule has 2 aromatic carbocycles. The van der Waals surface area contributed by atoms with Gasteiger partial charge in [-0.3, -0.25) is 4.79 Å². The number of nitrogens with zero attached hydrogens (tertiary/aromatic N) is 1. The smallest absolute Gasteiger partial charge is 0.291 e. The maximum atomic E-state index is 12.2. The molecule has 5 nitrogen and oxygen atoms in total. The van der Waals surface area contributed by atoms with E-state index < -0.39 is 0 Å². The SMILES string of the molecule is CCOc1cc(-c2ccccc2)nc2ccc(NC(=O)c3ccco3)cc12. The van der Waals surface area contributed by atoms with Crippen LogP contribution in [0.3, 0.4) is 0 Å². The van der Waals surface area contributed by atoms with Gasteiger partial charge in [0.1, 0.15) is 5.75 Å². The molecule has 2 aromatic heterocycles. The first-order valence-corrected chi connectivity index (χ1v) is 8.72. The summed E-state index contributed by atoms with van der Waals surface area (Å²) in [5.74, 6) is 0.694. The van der Waals surface area contributed by atoms with Gasteiger partial charge < -0.3 is 14.5 Å². The lowest BCUT2D eigenvalue weighted by atomic mass is 10.1. The van der Waals surface area contributed by atoms with Crippen LogP contribution in [0.15, 0.2) is 77.4 Å². The van der Waals surface area contributed by atoms with Gasteiger partial charge in [0.2, 0.25) is 0 Å². The predicted octanol–water partition coefficient (Wildman–Crippen LogP) is 5.15. The van der Waals surface area contributed by atoms with Crippen molar-refractivity contribution >= 4 is 22.5 Å². The molecule has 0 saturated carbocycles. The van der Waals surface area contributed by atoms with Crippen molar-refractivity contribution < 1.29 is 13.9 Å². The zero-order valence-electron chi connectivity index (χ0n) is 14.8. The van der Waals surface area contributed by atoms with E-state index in [9.17, 15) is 4.79 Å². The molecule has 0 aliphatic carbocycles. The van der Waals surface area contributed by atoms with E-state index in [-0.39, 0.29) is 11.7 Å². The Morgan fingerprint density at radius 3 is 2.67 bits per heavy atom. The standard InChI is InChI=1S/C22H18N2O3/c1-2-26-21-14-19(15-7-4-3-5-8-15)24-18-11-10-16(13-17(18)21)23-22(25)20-9-6-12-27-20/h3-14H,2H2,1H3,(H,23,25). The topological polar surface area (TPSA) is 64.4 Å². The number of benzene rings is 2. The highest BCUT2D eigenvalue weighted by Gasteiger charge is 2.12. The van der Waals surface area contributed by atoms with Gasteiger partial charge in [-0.05, 0) is 37.3 Å². The lowest BCUT2D eigenvalue weighted by Crippen LogP contribution is -2.10. The Hall–Kier alpha value is -3.60. The highest BCUT2D eigenvalue weighted by Crippen LogP contribution is 2.32. The minimum atomic E-state index is -0.300. The molecule has 0 radical (unpaired) electrons. The Balaban J connectivity index is 1.74. The highest BCUT2D eigenvalue weighted by molar-refractivity contribution is 6.03. The van der Waals surface area contributed by atoms with Crippen molar-refractivity contribution in [1.82, 2.24) is 4.98 Å². The van der Waals surface area contributed by atoms with Crippen molar-refractivity contribution in [3.63, 3.8) is 0 Å². The number of ether oxygens (including phenoxy) is 1. The number of pyridine rings is 1. The summed E-state index contributed by atoms with van der Waals surface area (Å²) in [4.78, 5) is 17.0. The van der Waals surface area contributed by atoms with Crippen molar-refractivity contribution in [1.29, 1.82) is 0 Å². The van der Waals surface area contributed by atoms with E-state index in [2.05, 4.69) is 5.32 Å². The second-order valence-corrected chi connectivity index (χ2v) is 5.97. The number of anilines is 1. The molecule has 1 amide bonds. The molecule has 27 heavy (non-hydrogen) atoms. The molecule has 0 spiro atoms. The quantitative estimate of drug-likeness (QED) is 0.536. The normalized spacial score (nSPS) is 10.7. The van der Waals surface area contributed by atoms with Crippen LogP contribution in [0.5, 0.6) is 5.75 Å². The van der Waals surface area contributed by atoms with Crippen LogP contribution in [-0.4, -0.2) is 17.5 Å². The second kappa shape index (κ2) is 7.33. The van der Waals surface area contributed by atoms with E-state index in [4.69, 9.17) is 14.1 Å². The first kappa shape index (κ1) is 16.8. The van der Waals surface area contributed by atoms with Crippen LogP contribution < -0.4 is 10.1 Å². The van der Waals surface area contributed by atoms with Crippen molar-refractivity contribution in [3.8, 4) is 17.0 Å². The molecule has 134 valence electrons. The predicted molar refractivity (Wildman–Crippen MR) is 105 cm³/mol. The minimum Gasteiger partial charge on any atom is -0.493 e. The van der Waals surface area contributed by atoms with E-state index in [1.807, 2.05) is 61.5 Å². The van der Waals surface area contributed by atoms with Crippen LogP contribution in [0.2, 0.25) is 0 Å². The van der Waals surface area contributed by atoms with Gasteiger partial charge in [-0.15, -0.1) is 0 Å². The molecule has 5 heteroatoms. The Morgan fingerprint density at radius 1 is 1.07 bits per heavy atom. The molecule has 0 unspecified atom stereocenters. The molecule has 0 bridgehead atoms. The number of carbonyl (C=O) groups excluding carboxylic acids is 1. The average Bonchev–Trinajstić information content (AvgIpc) is 3.24. The van der Waals surface area contributed by atoms with Gasteiger partial charge in [-0.1, -0.05) is 30.3 Å². The molecule has 2 heterocycles. The lowest BCUT2D eigenvalue weighted by molar-refractivity contribution is 0.0996. The summed E-state index contributed by atoms with van der Waals surface area (Å²) in [7, 11) is 0. The van der Waals surface area contributed by atoms with Gasteiger partial charge >= 0.3 is 0 Å². The van der Waals surface area contributed by atoms with Crippen LogP contribution >= 0.6 is 0 Å². The number of carbonyl (C=O) groups is 1. The summed E-state index contributed by atoms with van der Waals surface area (Å²) >= 11 is 0. The molecular formula is C22H18N2O3. The first-order chi connectivity index (χ1) is 13.2. The summed E-state index contributed by atoms with van der Waals surface area (Å²) in [6.07, 6.45) is 1.47. The third-order valence-electron chi connectivity index (χ3n) is 4.14. The third kappa shape index (κ3) is 3.53. The average molecular weight is 358 g/mol. The molecule has 0 aliphatic rings. The van der Waals surface area contributed by atoms with Gasteiger partial charge in [0.25, 0.3) is 5.91 Å². The molecule has 1 N–H and O–H groups in total. The summed E-state index contributed by atoms with van der Waals surface area (Å²) in [5.41, 5.74) is 3.32. The molecule has 0 atom stereocenters. The van der Waals surface area contributed by atoms with Crippen LogP contribution in [-0.2, 0) is 0 Å². The summed E-state index contributed by atoms with van der Waals surface area (Å²) in [5, 5.41) is 3.68. The van der Waals surface area contributed by atoms with E-state index >= 15 is 0 Å². The number of furan rings is 1. The number of hydrogen-bond donors (Lipinski definition) is 1. The molecule has 0 fully saturated rings. The number of rotatable bonds is 5. The Bertz CT molecular complexity index is 1070. The number of aromatic nitrogens is 1. The lowest BCUT2D eigenvalue weighted by Gasteiger charge is -2.12. The van der Waals surface area contributed by atoms with Crippen molar-refractivity contribution in [2.45, 2.75) is 6.92 Å². The van der Waals surface area contributed by atoms with Gasteiger partial charge in [0.15, 0.2) is 5.76 Å². The van der Waals surface area contributed by atoms with Gasteiger partial charge in [0, 0.05) is 22.7 Å². The fraction of sp³-hybridized carbons (Fsp3) is 0.0909. The number of hydrogen-bond acceptors (Lipinski definition) is 4. The van der Waals surface area contributed by atoms with Crippen molar-refractivity contribution in [2.75, 3.05) is 11.9 Å². The minimum absolute atomic E-state index is 0.262. The number of nitrogens with one attached hydrogen (secondary N) is 1. The van der Waals surface area contributed by atoms with Crippen LogP contribution in [0.4, 0.5) is 5.69 Å². The van der Waals surface area contributed by atoms with E-state index in [0.717, 1.165) is 27.9 Å². The monoisotopic (exact) mass is 358 g/mol. The highest BCUT2D eigenvalue weighted by atomic mass is 16.5. The zero-order valence-corrected chi connectivity index (χ0v) is 14.8. The van der Waals surface area contributed by atoms with Crippen molar-refractivity contribution in [2.24, 2.45) is 0 Å². The van der Waals surface area contributed by atoms with E-state index in [1.165, 1.54) is 6.26 Å². The van der Waals surface area contributed by atoms with Gasteiger partial charge in [-0.25, -0.2) is 4.98 Å². The van der Waals surface area contributed by atoms with Crippen LogP contribution in [0.25, 0.3) is 22.2 Å². The van der Waals surface area contributed by atoms with Gasteiger partial charge in [-0.2, -0.15) is 0 Å². The van der Waals surface area contributed by atoms with Crippen molar-refractivity contribution in [3.05, 3.63) is 78.8 Å². The van der Waals surface area contributed by atoms with E-state index in [0.29, 0.717) is 12.3 Å². The zero-order chi connectivity index (χ0) is 18.6. The molecular weight excluding hydrogens is 340 g/mol. The fourth-order valence-corrected chi connectivity index (χ4v) is 2.90. The molecule has 4 aromatic rings. The molecule has 0 saturated heterocycles. The first-order valence-electron chi connectivity index (χ1n) is 8.72. The number of amides is 1. The Labute approximate surface area is 156 Å². The largest absolute Gasteiger partial charge is 0.493 e. The van der Waals surface area contributed by atoms with Crippen LogP contribution in [0.1, 0.15) is 17.5 Å². The second-order valence-electron chi connectivity index (χ2n) is 5.97. The number of fused-ring (bicyclic) bond motifs is 1. The van der Waals surface area contributed by atoms with E-state index in [1.54, 1.807) is 12.1 Å². The summed E-state index contributed by atoms with van der Waals surface area (Å²) in [6, 6.07) is 20.8.